The molecule has 0 bridgehead atoms. The zero-order valence-electron chi connectivity index (χ0n) is 16.5. The van der Waals surface area contributed by atoms with Crippen LogP contribution < -0.4 is 16.4 Å². The van der Waals surface area contributed by atoms with Gasteiger partial charge in [0.25, 0.3) is 0 Å². The topological polar surface area (TPSA) is 87.4 Å². The third-order valence-corrected chi connectivity index (χ3v) is 4.39. The minimum Gasteiger partial charge on any atom is -0.390 e. The zero-order valence-corrected chi connectivity index (χ0v) is 16.5. The van der Waals surface area contributed by atoms with Crippen LogP contribution in [0.4, 0.5) is 0 Å². The second-order valence-electron chi connectivity index (χ2n) is 8.64. The van der Waals surface area contributed by atoms with E-state index < -0.39 is 17.2 Å². The molecule has 0 spiro atoms. The molecule has 0 saturated heterocycles. The molecule has 0 heterocycles. The highest BCUT2D eigenvalue weighted by molar-refractivity contribution is 5.82. The Morgan fingerprint density at radius 3 is 2.20 bits per heavy atom. The molecular formula is C20H35N3O2. The molecule has 25 heavy (non-hydrogen) atoms. The molecule has 5 heteroatoms. The lowest BCUT2D eigenvalue weighted by atomic mass is 9.86. The number of hydrogen-bond acceptors (Lipinski definition) is 4. The molecule has 0 unspecified atom stereocenters. The molecule has 0 radical (unpaired) electrons. The molecule has 0 aromatic heterocycles. The van der Waals surface area contributed by atoms with Crippen LogP contribution >= 0.6 is 0 Å². The Bertz CT molecular complexity index is 550. The molecule has 142 valence electrons. The lowest BCUT2D eigenvalue weighted by Gasteiger charge is -2.36. The minimum atomic E-state index is -0.933. The maximum atomic E-state index is 12.4. The molecule has 1 aromatic carbocycles. The van der Waals surface area contributed by atoms with Gasteiger partial charge in [-0.05, 0) is 46.2 Å². The Balaban J connectivity index is 2.67. The number of rotatable bonds is 8. The Kier molecular flexibility index (Phi) is 7.18. The Morgan fingerprint density at radius 1 is 1.16 bits per heavy atom. The largest absolute Gasteiger partial charge is 0.390 e. The maximum Gasteiger partial charge on any atom is 0.226 e. The summed E-state index contributed by atoms with van der Waals surface area (Å²) in [5, 5.41) is 16.4. The molecule has 0 aliphatic carbocycles. The van der Waals surface area contributed by atoms with Gasteiger partial charge in [-0.1, -0.05) is 44.2 Å². The quantitative estimate of drug-likeness (QED) is 0.542. The predicted octanol–water partition coefficient (Wildman–Crippen LogP) is 2.19. The van der Waals surface area contributed by atoms with E-state index in [9.17, 15) is 9.90 Å². The van der Waals surface area contributed by atoms with Crippen LogP contribution in [0.15, 0.2) is 30.3 Å². The lowest BCUT2D eigenvalue weighted by molar-refractivity contribution is -0.131. The normalized spacial score (nSPS) is 16.2. The Hall–Kier alpha value is -1.43. The molecule has 0 aliphatic rings. The average molecular weight is 350 g/mol. The van der Waals surface area contributed by atoms with Crippen molar-refractivity contribution in [2.75, 3.05) is 6.54 Å². The van der Waals surface area contributed by atoms with E-state index in [-0.39, 0.29) is 11.4 Å². The van der Waals surface area contributed by atoms with E-state index in [0.29, 0.717) is 19.4 Å². The summed E-state index contributed by atoms with van der Waals surface area (Å²) in [6, 6.07) is 9.85. The van der Waals surface area contributed by atoms with E-state index in [1.807, 2.05) is 65.0 Å². The summed E-state index contributed by atoms with van der Waals surface area (Å²) in [4.78, 5) is 12.4. The van der Waals surface area contributed by atoms with Crippen LogP contribution in [0.25, 0.3) is 0 Å². The molecule has 0 aliphatic heterocycles. The summed E-state index contributed by atoms with van der Waals surface area (Å²) in [6.45, 7) is 12.0. The van der Waals surface area contributed by atoms with E-state index >= 15 is 0 Å². The van der Waals surface area contributed by atoms with Crippen molar-refractivity contribution in [3.05, 3.63) is 35.9 Å². The highest BCUT2D eigenvalue weighted by Crippen LogP contribution is 2.22. The third-order valence-electron chi connectivity index (χ3n) is 4.39. The molecule has 1 amide bonds. The summed E-state index contributed by atoms with van der Waals surface area (Å²) in [5.41, 5.74) is 5.77. The first-order chi connectivity index (χ1) is 11.4. The maximum absolute atomic E-state index is 12.4. The fraction of sp³-hybridized carbons (Fsp3) is 0.650. The van der Waals surface area contributed by atoms with Crippen LogP contribution in [0.2, 0.25) is 0 Å². The van der Waals surface area contributed by atoms with Crippen molar-refractivity contribution in [2.45, 2.75) is 71.7 Å². The monoisotopic (exact) mass is 349 g/mol. The lowest BCUT2D eigenvalue weighted by Crippen LogP contribution is -2.63. The van der Waals surface area contributed by atoms with E-state index in [2.05, 4.69) is 10.6 Å². The van der Waals surface area contributed by atoms with E-state index in [4.69, 9.17) is 5.73 Å². The number of carbonyl (C=O) groups excluding carboxylic acids is 1. The molecule has 0 saturated carbocycles. The number of aliphatic hydroxyl groups excluding tert-OH is 1. The molecule has 1 rings (SSSR count). The SMILES string of the molecule is C[C@@H](O)[C@](N)(Cc1ccccc1)NCCC(C)(C)C(=O)NC(C)(C)C. The predicted molar refractivity (Wildman–Crippen MR) is 103 cm³/mol. The van der Waals surface area contributed by atoms with E-state index in [0.717, 1.165) is 5.56 Å². The number of nitrogens with two attached hydrogens (primary N) is 1. The van der Waals surface area contributed by atoms with Gasteiger partial charge in [-0.25, -0.2) is 0 Å². The first-order valence-corrected chi connectivity index (χ1v) is 8.94. The van der Waals surface area contributed by atoms with Crippen LogP contribution in [0, 0.1) is 5.41 Å². The molecule has 5 nitrogen and oxygen atoms in total. The minimum absolute atomic E-state index is 0.0181. The fourth-order valence-corrected chi connectivity index (χ4v) is 2.52. The van der Waals surface area contributed by atoms with Crippen LogP contribution in [0.1, 0.15) is 53.5 Å². The molecule has 0 fully saturated rings. The Morgan fingerprint density at radius 2 is 1.72 bits per heavy atom. The molecule has 1 aromatic rings. The van der Waals surface area contributed by atoms with Gasteiger partial charge in [-0.15, -0.1) is 0 Å². The van der Waals surface area contributed by atoms with Gasteiger partial charge in [0.15, 0.2) is 0 Å². The van der Waals surface area contributed by atoms with Gasteiger partial charge in [0, 0.05) is 17.4 Å². The smallest absolute Gasteiger partial charge is 0.226 e. The summed E-state index contributed by atoms with van der Waals surface area (Å²) in [5.74, 6) is 0.0181. The standard InChI is InChI=1S/C20H35N3O2/c1-15(24)20(21,14-16-10-8-7-9-11-16)22-13-12-19(5,6)17(25)23-18(2,3)4/h7-11,15,22,24H,12-14,21H2,1-6H3,(H,23,25)/t15-,20+/m1/s1. The highest BCUT2D eigenvalue weighted by Gasteiger charge is 2.33. The number of amides is 1. The first-order valence-electron chi connectivity index (χ1n) is 8.94. The van der Waals surface area contributed by atoms with E-state index in [1.165, 1.54) is 0 Å². The highest BCUT2D eigenvalue weighted by atomic mass is 16.3. The van der Waals surface area contributed by atoms with Crippen molar-refractivity contribution < 1.29 is 9.90 Å². The van der Waals surface area contributed by atoms with E-state index in [1.54, 1.807) is 6.92 Å². The Labute approximate surface area is 152 Å². The third kappa shape index (κ3) is 7.14. The van der Waals surface area contributed by atoms with Gasteiger partial charge < -0.3 is 16.2 Å². The second kappa shape index (κ2) is 8.30. The fourth-order valence-electron chi connectivity index (χ4n) is 2.52. The zero-order chi connectivity index (χ0) is 19.3. The average Bonchev–Trinajstić information content (AvgIpc) is 2.46. The van der Waals surface area contributed by atoms with Crippen molar-refractivity contribution >= 4 is 5.91 Å². The molecule has 5 N–H and O–H groups in total. The summed E-state index contributed by atoms with van der Waals surface area (Å²) < 4.78 is 0. The van der Waals surface area contributed by atoms with Crippen LogP contribution in [0.3, 0.4) is 0 Å². The van der Waals surface area contributed by atoms with Gasteiger partial charge in [0.2, 0.25) is 5.91 Å². The van der Waals surface area contributed by atoms with Gasteiger partial charge >= 0.3 is 0 Å². The van der Waals surface area contributed by atoms with Crippen molar-refractivity contribution in [3.63, 3.8) is 0 Å². The summed E-state index contributed by atoms with van der Waals surface area (Å²) in [7, 11) is 0. The van der Waals surface area contributed by atoms with Gasteiger partial charge in [-0.3, -0.25) is 10.1 Å². The van der Waals surface area contributed by atoms with Crippen molar-refractivity contribution in [1.82, 2.24) is 10.6 Å². The number of aliphatic hydroxyl groups is 1. The number of hydrogen-bond donors (Lipinski definition) is 4. The molecule has 2 atom stereocenters. The van der Waals surface area contributed by atoms with Crippen molar-refractivity contribution in [3.8, 4) is 0 Å². The van der Waals surface area contributed by atoms with Crippen LogP contribution in [-0.2, 0) is 11.2 Å². The number of nitrogens with one attached hydrogen (secondary N) is 2. The molecular weight excluding hydrogens is 314 g/mol. The summed E-state index contributed by atoms with van der Waals surface area (Å²) >= 11 is 0. The van der Waals surface area contributed by atoms with Crippen LogP contribution in [-0.4, -0.2) is 34.9 Å². The number of benzene rings is 1. The van der Waals surface area contributed by atoms with Gasteiger partial charge in [0.1, 0.15) is 0 Å². The number of carbonyl (C=O) groups is 1. The van der Waals surface area contributed by atoms with Crippen LogP contribution in [0.5, 0.6) is 0 Å². The second-order valence-corrected chi connectivity index (χ2v) is 8.64. The summed E-state index contributed by atoms with van der Waals surface area (Å²) in [6.07, 6.45) is 0.411. The first kappa shape index (κ1) is 21.6. The van der Waals surface area contributed by atoms with Gasteiger partial charge in [0.05, 0.1) is 11.8 Å². The van der Waals surface area contributed by atoms with Gasteiger partial charge in [-0.2, -0.15) is 0 Å². The van der Waals surface area contributed by atoms with Crippen molar-refractivity contribution in [1.29, 1.82) is 0 Å². The van der Waals surface area contributed by atoms with Crippen molar-refractivity contribution in [2.24, 2.45) is 11.1 Å².